The Hall–Kier alpha value is -3.75. The zero-order valence-electron chi connectivity index (χ0n) is 22.2. The number of aliphatic carboxylic acids is 1. The highest BCUT2D eigenvalue weighted by Gasteiger charge is 2.52. The normalized spacial score (nSPS) is 22.2. The highest BCUT2D eigenvalue weighted by Crippen LogP contribution is 2.51. The fourth-order valence-corrected chi connectivity index (χ4v) is 5.47. The summed E-state index contributed by atoms with van der Waals surface area (Å²) in [6, 6.07) is 3.96. The number of carbonyl (C=O) groups is 2. The number of ether oxygens (including phenoxy) is 2. The lowest BCUT2D eigenvalue weighted by Gasteiger charge is -2.45. The van der Waals surface area contributed by atoms with Gasteiger partial charge in [-0.2, -0.15) is 13.2 Å². The van der Waals surface area contributed by atoms with E-state index in [0.29, 0.717) is 42.7 Å². The molecular weight excluding hydrogens is 567 g/mol. The predicted octanol–water partition coefficient (Wildman–Crippen LogP) is 5.21. The average Bonchev–Trinajstić information content (AvgIpc) is 3.23. The summed E-state index contributed by atoms with van der Waals surface area (Å²) in [5.74, 6) is -7.17. The number of hydrogen-bond acceptors (Lipinski definition) is 5. The van der Waals surface area contributed by atoms with Crippen molar-refractivity contribution in [3.05, 3.63) is 53.1 Å². The largest absolute Gasteiger partial charge is 0.493 e. The zero-order valence-corrected chi connectivity index (χ0v) is 22.2. The molecule has 1 heterocycles. The molecule has 2 aliphatic rings. The van der Waals surface area contributed by atoms with Crippen LogP contribution >= 0.6 is 0 Å². The Kier molecular flexibility index (Phi) is 9.62. The number of benzene rings is 2. The summed E-state index contributed by atoms with van der Waals surface area (Å²) >= 11 is 0. The molecule has 0 radical (unpaired) electrons. The average molecular weight is 596 g/mol. The van der Waals surface area contributed by atoms with Gasteiger partial charge in [0.2, 0.25) is 0 Å². The number of urea groups is 1. The quantitative estimate of drug-likeness (QED) is 0.324. The number of hydrogen-bond donors (Lipinski definition) is 3. The third kappa shape index (κ3) is 6.77. The molecule has 2 fully saturated rings. The van der Waals surface area contributed by atoms with Gasteiger partial charge in [-0.15, -0.1) is 0 Å². The molecule has 2 aromatic rings. The maximum Gasteiger partial charge on any atom is 0.490 e. The Morgan fingerprint density at radius 3 is 2.17 bits per heavy atom. The van der Waals surface area contributed by atoms with Crippen LogP contribution in [-0.2, 0) is 10.2 Å². The van der Waals surface area contributed by atoms with E-state index in [-0.39, 0.29) is 23.5 Å². The monoisotopic (exact) mass is 595 g/mol. The SMILES string of the molecule is COc1ccc(C23CCC(NC(=O)Nc4cc(F)c(F)c(F)c4)CC2N(C)CC3)c(F)c1OC.O=C(O)C(F)(F)F. The van der Waals surface area contributed by atoms with E-state index >= 15 is 4.39 Å². The van der Waals surface area contributed by atoms with Gasteiger partial charge in [0, 0.05) is 35.3 Å². The third-order valence-corrected chi connectivity index (χ3v) is 7.37. The van der Waals surface area contributed by atoms with Gasteiger partial charge in [0.1, 0.15) is 0 Å². The molecule has 8 nitrogen and oxygen atoms in total. The summed E-state index contributed by atoms with van der Waals surface area (Å²) in [6.07, 6.45) is -2.56. The number of carboxylic acid groups (broad SMARTS) is 1. The van der Waals surface area contributed by atoms with Crippen LogP contribution in [0.5, 0.6) is 11.5 Å². The molecule has 2 amide bonds. The van der Waals surface area contributed by atoms with Crippen molar-refractivity contribution in [1.82, 2.24) is 10.2 Å². The summed E-state index contributed by atoms with van der Waals surface area (Å²) in [5.41, 5.74) is -0.0694. The van der Waals surface area contributed by atoms with Crippen molar-refractivity contribution in [2.45, 2.75) is 49.4 Å². The number of amides is 2. The van der Waals surface area contributed by atoms with E-state index in [9.17, 15) is 31.1 Å². The number of likely N-dealkylation sites (N-methyl/N-ethyl adjacent to an activating group) is 1. The zero-order chi connectivity index (χ0) is 30.7. The van der Waals surface area contributed by atoms with Gasteiger partial charge in [0.05, 0.1) is 14.2 Å². The standard InChI is InChI=1S/C24H27F4N3O3.C2HF3O2/c1-31-9-8-24(15-4-5-18(33-2)22(34-3)20(15)27)7-6-13(12-19(24)31)29-23(32)30-14-10-16(25)21(28)17(26)11-14;3-2(4,5)1(6)7/h4-5,10-11,13,19H,6-9,12H2,1-3H3,(H2,29,30,32);(H,6,7). The lowest BCUT2D eigenvalue weighted by molar-refractivity contribution is -0.192. The third-order valence-electron chi connectivity index (χ3n) is 7.37. The van der Waals surface area contributed by atoms with Crippen molar-refractivity contribution >= 4 is 17.7 Å². The van der Waals surface area contributed by atoms with Gasteiger partial charge in [0.15, 0.2) is 34.8 Å². The number of carbonyl (C=O) groups excluding carboxylic acids is 1. The van der Waals surface area contributed by atoms with Crippen LogP contribution in [0.2, 0.25) is 0 Å². The molecule has 0 spiro atoms. The van der Waals surface area contributed by atoms with E-state index in [4.69, 9.17) is 19.4 Å². The van der Waals surface area contributed by atoms with Crippen molar-refractivity contribution in [1.29, 1.82) is 0 Å². The summed E-state index contributed by atoms with van der Waals surface area (Å²) in [5, 5.41) is 12.3. The minimum absolute atomic E-state index is 0.0418. The Labute approximate surface area is 230 Å². The van der Waals surface area contributed by atoms with Gasteiger partial charge < -0.3 is 30.1 Å². The molecule has 2 aromatic carbocycles. The predicted molar refractivity (Wildman–Crippen MR) is 132 cm³/mol. The molecule has 1 aliphatic carbocycles. The number of alkyl halides is 3. The van der Waals surface area contributed by atoms with Crippen LogP contribution in [0.4, 0.5) is 41.2 Å². The van der Waals surface area contributed by atoms with Gasteiger partial charge in [-0.05, 0) is 50.9 Å². The molecule has 41 heavy (non-hydrogen) atoms. The first-order valence-electron chi connectivity index (χ1n) is 12.3. The highest BCUT2D eigenvalue weighted by atomic mass is 19.4. The molecule has 3 unspecified atom stereocenters. The number of anilines is 1. The number of carboxylic acids is 1. The molecule has 3 atom stereocenters. The Bertz CT molecular complexity index is 1270. The van der Waals surface area contributed by atoms with E-state index in [0.717, 1.165) is 13.0 Å². The smallest absolute Gasteiger partial charge is 0.490 e. The second-order valence-corrected chi connectivity index (χ2v) is 9.69. The molecule has 226 valence electrons. The van der Waals surface area contributed by atoms with E-state index in [1.807, 2.05) is 7.05 Å². The molecule has 3 N–H and O–H groups in total. The molecule has 15 heteroatoms. The Balaban J connectivity index is 0.000000587. The fourth-order valence-electron chi connectivity index (χ4n) is 5.47. The first-order valence-corrected chi connectivity index (χ1v) is 12.3. The number of rotatable bonds is 5. The highest BCUT2D eigenvalue weighted by molar-refractivity contribution is 5.89. The van der Waals surface area contributed by atoms with Crippen molar-refractivity contribution in [3.63, 3.8) is 0 Å². The van der Waals surface area contributed by atoms with E-state index in [1.165, 1.54) is 14.2 Å². The fraction of sp³-hybridized carbons (Fsp3) is 0.462. The molecule has 0 bridgehead atoms. The maximum absolute atomic E-state index is 15.5. The van der Waals surface area contributed by atoms with E-state index in [1.54, 1.807) is 12.1 Å². The number of fused-ring (bicyclic) bond motifs is 1. The summed E-state index contributed by atoms with van der Waals surface area (Å²) in [4.78, 5) is 23.5. The van der Waals surface area contributed by atoms with Crippen molar-refractivity contribution in [2.24, 2.45) is 0 Å². The second kappa shape index (κ2) is 12.4. The van der Waals surface area contributed by atoms with E-state index < -0.39 is 46.9 Å². The lowest BCUT2D eigenvalue weighted by atomic mass is 9.65. The Morgan fingerprint density at radius 2 is 1.63 bits per heavy atom. The molecule has 4 rings (SSSR count). The first-order chi connectivity index (χ1) is 19.1. The summed E-state index contributed by atoms with van der Waals surface area (Å²) in [6.45, 7) is 0.769. The number of likely N-dealkylation sites (tertiary alicyclic amines) is 1. The van der Waals surface area contributed by atoms with Gasteiger partial charge in [-0.3, -0.25) is 0 Å². The number of halogens is 7. The molecular formula is C26H28F7N3O5. The minimum Gasteiger partial charge on any atom is -0.493 e. The molecule has 1 aliphatic heterocycles. The van der Waals surface area contributed by atoms with Gasteiger partial charge in [-0.25, -0.2) is 27.2 Å². The topological polar surface area (TPSA) is 100 Å². The van der Waals surface area contributed by atoms with Crippen LogP contribution in [0, 0.1) is 23.3 Å². The van der Waals surface area contributed by atoms with Crippen LogP contribution in [0.3, 0.4) is 0 Å². The second-order valence-electron chi connectivity index (χ2n) is 9.69. The van der Waals surface area contributed by atoms with Gasteiger partial charge in [0.25, 0.3) is 0 Å². The lowest BCUT2D eigenvalue weighted by Crippen LogP contribution is -2.52. The minimum atomic E-state index is -5.08. The van der Waals surface area contributed by atoms with Crippen molar-refractivity contribution < 1.29 is 54.9 Å². The number of nitrogens with zero attached hydrogens (tertiary/aromatic N) is 1. The van der Waals surface area contributed by atoms with Gasteiger partial charge >= 0.3 is 18.2 Å². The number of methoxy groups -OCH3 is 2. The van der Waals surface area contributed by atoms with Crippen LogP contribution < -0.4 is 20.1 Å². The van der Waals surface area contributed by atoms with E-state index in [2.05, 4.69) is 15.5 Å². The van der Waals surface area contributed by atoms with Crippen LogP contribution in [0.1, 0.15) is 31.2 Å². The van der Waals surface area contributed by atoms with Crippen LogP contribution in [-0.4, -0.2) is 68.1 Å². The van der Waals surface area contributed by atoms with Crippen molar-refractivity contribution in [2.75, 3.05) is 33.1 Å². The molecule has 0 aromatic heterocycles. The number of nitrogens with one attached hydrogen (secondary N) is 2. The van der Waals surface area contributed by atoms with Crippen molar-refractivity contribution in [3.8, 4) is 11.5 Å². The van der Waals surface area contributed by atoms with Crippen LogP contribution in [0.15, 0.2) is 24.3 Å². The molecule has 1 saturated heterocycles. The summed E-state index contributed by atoms with van der Waals surface area (Å²) < 4.78 is 97.8. The summed E-state index contributed by atoms with van der Waals surface area (Å²) in [7, 11) is 4.83. The van der Waals surface area contributed by atoms with Crippen LogP contribution in [0.25, 0.3) is 0 Å². The van der Waals surface area contributed by atoms with Gasteiger partial charge in [-0.1, -0.05) is 6.07 Å². The maximum atomic E-state index is 15.5. The Morgan fingerprint density at radius 1 is 1.02 bits per heavy atom. The first kappa shape index (κ1) is 31.8. The molecule has 1 saturated carbocycles.